The number of hydrogen-bond acceptors (Lipinski definition) is 6. The molecule has 0 aliphatic heterocycles. The highest BCUT2D eigenvalue weighted by Crippen LogP contribution is 2.38. The topological polar surface area (TPSA) is 85.9 Å². The van der Waals surface area contributed by atoms with E-state index in [4.69, 9.17) is 15.3 Å². The summed E-state index contributed by atoms with van der Waals surface area (Å²) >= 11 is 1.50. The van der Waals surface area contributed by atoms with Gasteiger partial charge in [-0.15, -0.1) is 11.3 Å². The predicted octanol–water partition coefficient (Wildman–Crippen LogP) is 3.54. The summed E-state index contributed by atoms with van der Waals surface area (Å²) in [6.07, 6.45) is 5.14. The number of fused-ring (bicyclic) bond motifs is 1. The summed E-state index contributed by atoms with van der Waals surface area (Å²) < 4.78 is 5.34. The molecule has 114 valence electrons. The number of nitrogens with zero attached hydrogens (tertiary/aromatic N) is 2. The molecule has 0 amide bonds. The molecule has 1 heterocycles. The average molecular weight is 315 g/mol. The van der Waals surface area contributed by atoms with Crippen molar-refractivity contribution in [2.24, 2.45) is 0 Å². The maximum absolute atomic E-state index is 12.4. The zero-order valence-electron chi connectivity index (χ0n) is 12.6. The van der Waals surface area contributed by atoms with Gasteiger partial charge in [0.1, 0.15) is 22.7 Å². The number of anilines is 1. The van der Waals surface area contributed by atoms with Gasteiger partial charge in [-0.1, -0.05) is 0 Å². The number of rotatable bonds is 4. The number of nitriles is 2. The normalized spacial score (nSPS) is 12.8. The van der Waals surface area contributed by atoms with Crippen LogP contribution in [0, 0.1) is 22.7 Å². The SMILES string of the molecule is CC(C)OC(=O)c1c(NC=C(C#N)C#N)sc2c1CCCC2. The third-order valence-corrected chi connectivity index (χ3v) is 4.53. The molecule has 0 aromatic carbocycles. The minimum atomic E-state index is -0.347. The smallest absolute Gasteiger partial charge is 0.341 e. The van der Waals surface area contributed by atoms with Crippen LogP contribution in [0.3, 0.4) is 0 Å². The second-order valence-corrected chi connectivity index (χ2v) is 6.40. The van der Waals surface area contributed by atoms with E-state index in [0.29, 0.717) is 10.6 Å². The van der Waals surface area contributed by atoms with Gasteiger partial charge in [0.25, 0.3) is 0 Å². The highest BCUT2D eigenvalue weighted by atomic mass is 32.1. The fraction of sp³-hybridized carbons (Fsp3) is 0.438. The van der Waals surface area contributed by atoms with Gasteiger partial charge in [-0.05, 0) is 45.1 Å². The monoisotopic (exact) mass is 315 g/mol. The number of aryl methyl sites for hydroxylation is 1. The lowest BCUT2D eigenvalue weighted by atomic mass is 9.95. The minimum Gasteiger partial charge on any atom is -0.459 e. The van der Waals surface area contributed by atoms with Gasteiger partial charge in [0, 0.05) is 11.1 Å². The maximum Gasteiger partial charge on any atom is 0.341 e. The summed E-state index contributed by atoms with van der Waals surface area (Å²) in [6, 6.07) is 3.58. The molecule has 1 aromatic heterocycles. The van der Waals surface area contributed by atoms with Crippen LogP contribution in [-0.2, 0) is 17.6 Å². The number of esters is 1. The molecule has 22 heavy (non-hydrogen) atoms. The molecule has 1 aliphatic rings. The van der Waals surface area contributed by atoms with E-state index < -0.39 is 0 Å². The van der Waals surface area contributed by atoms with Crippen LogP contribution in [0.2, 0.25) is 0 Å². The molecule has 0 unspecified atom stereocenters. The lowest BCUT2D eigenvalue weighted by Gasteiger charge is -2.13. The number of carbonyl (C=O) groups is 1. The van der Waals surface area contributed by atoms with E-state index in [2.05, 4.69) is 5.32 Å². The molecule has 0 fully saturated rings. The van der Waals surface area contributed by atoms with E-state index in [-0.39, 0.29) is 17.6 Å². The number of nitrogens with one attached hydrogen (secondary N) is 1. The van der Waals surface area contributed by atoms with Crippen LogP contribution in [0.25, 0.3) is 0 Å². The van der Waals surface area contributed by atoms with E-state index >= 15 is 0 Å². The molecule has 2 rings (SSSR count). The van der Waals surface area contributed by atoms with E-state index in [0.717, 1.165) is 31.2 Å². The van der Waals surface area contributed by atoms with Crippen molar-refractivity contribution in [3.8, 4) is 12.1 Å². The molecule has 0 spiro atoms. The Labute approximate surface area is 133 Å². The van der Waals surface area contributed by atoms with Crippen molar-refractivity contribution in [1.29, 1.82) is 10.5 Å². The third kappa shape index (κ3) is 3.47. The van der Waals surface area contributed by atoms with Gasteiger partial charge < -0.3 is 10.1 Å². The Hall–Kier alpha value is -2.31. The van der Waals surface area contributed by atoms with Crippen molar-refractivity contribution in [2.45, 2.75) is 45.6 Å². The highest BCUT2D eigenvalue weighted by Gasteiger charge is 2.26. The van der Waals surface area contributed by atoms with Gasteiger partial charge in [0.15, 0.2) is 0 Å². The van der Waals surface area contributed by atoms with Gasteiger partial charge in [-0.2, -0.15) is 10.5 Å². The molecule has 1 N–H and O–H groups in total. The number of allylic oxidation sites excluding steroid dienone is 1. The summed E-state index contributed by atoms with van der Waals surface area (Å²) in [6.45, 7) is 3.63. The molecular formula is C16H17N3O2S. The van der Waals surface area contributed by atoms with Crippen molar-refractivity contribution in [1.82, 2.24) is 0 Å². The van der Waals surface area contributed by atoms with Crippen LogP contribution in [0.15, 0.2) is 11.8 Å². The summed E-state index contributed by atoms with van der Waals surface area (Å²) in [7, 11) is 0. The zero-order valence-corrected chi connectivity index (χ0v) is 13.4. The Morgan fingerprint density at radius 3 is 2.64 bits per heavy atom. The molecular weight excluding hydrogens is 298 g/mol. The van der Waals surface area contributed by atoms with Crippen LogP contribution in [0.5, 0.6) is 0 Å². The van der Waals surface area contributed by atoms with E-state index in [1.54, 1.807) is 12.1 Å². The Morgan fingerprint density at radius 2 is 2.00 bits per heavy atom. The summed E-state index contributed by atoms with van der Waals surface area (Å²) in [5.41, 5.74) is 1.57. The van der Waals surface area contributed by atoms with Crippen LogP contribution in [0.1, 0.15) is 47.5 Å². The lowest BCUT2D eigenvalue weighted by Crippen LogP contribution is -2.15. The Morgan fingerprint density at radius 1 is 1.32 bits per heavy atom. The molecule has 6 heteroatoms. The predicted molar refractivity (Wildman–Crippen MR) is 84.4 cm³/mol. The van der Waals surface area contributed by atoms with Crippen molar-refractivity contribution in [2.75, 3.05) is 5.32 Å². The van der Waals surface area contributed by atoms with Crippen molar-refractivity contribution in [3.63, 3.8) is 0 Å². The first-order valence-corrected chi connectivity index (χ1v) is 8.01. The van der Waals surface area contributed by atoms with Crippen LogP contribution in [0.4, 0.5) is 5.00 Å². The maximum atomic E-state index is 12.4. The molecule has 1 aromatic rings. The first kappa shape index (κ1) is 16.1. The standard InChI is InChI=1S/C16H17N3O2S/c1-10(2)21-16(20)14-12-5-3-4-6-13(12)22-15(14)19-9-11(7-17)8-18/h9-10,19H,3-6H2,1-2H3. The van der Waals surface area contributed by atoms with Gasteiger partial charge in [-0.3, -0.25) is 0 Å². The quantitative estimate of drug-likeness (QED) is 0.678. The molecule has 1 aliphatic carbocycles. The van der Waals surface area contributed by atoms with Gasteiger partial charge in [0.05, 0.1) is 11.7 Å². The number of thiophene rings is 1. The third-order valence-electron chi connectivity index (χ3n) is 3.31. The first-order valence-electron chi connectivity index (χ1n) is 7.19. The fourth-order valence-electron chi connectivity index (χ4n) is 2.38. The van der Waals surface area contributed by atoms with Gasteiger partial charge in [-0.25, -0.2) is 4.79 Å². The molecule has 0 atom stereocenters. The summed E-state index contributed by atoms with van der Waals surface area (Å²) in [4.78, 5) is 13.6. The van der Waals surface area contributed by atoms with Crippen LogP contribution in [-0.4, -0.2) is 12.1 Å². The van der Waals surface area contributed by atoms with Crippen molar-refractivity contribution < 1.29 is 9.53 Å². The first-order chi connectivity index (χ1) is 10.6. The van der Waals surface area contributed by atoms with Crippen molar-refractivity contribution >= 4 is 22.3 Å². The second kappa shape index (κ2) is 7.11. The number of ether oxygens (including phenoxy) is 1. The van der Waals surface area contributed by atoms with Crippen LogP contribution >= 0.6 is 11.3 Å². The number of hydrogen-bond donors (Lipinski definition) is 1. The fourth-order valence-corrected chi connectivity index (χ4v) is 3.63. The summed E-state index contributed by atoms with van der Waals surface area (Å²) in [5, 5.41) is 21.2. The molecule has 0 saturated heterocycles. The Balaban J connectivity index is 2.38. The van der Waals surface area contributed by atoms with Crippen LogP contribution < -0.4 is 5.32 Å². The molecule has 0 bridgehead atoms. The average Bonchev–Trinajstić information content (AvgIpc) is 2.86. The molecule has 0 saturated carbocycles. The highest BCUT2D eigenvalue weighted by molar-refractivity contribution is 7.16. The molecule has 5 nitrogen and oxygen atoms in total. The zero-order chi connectivity index (χ0) is 16.1. The van der Waals surface area contributed by atoms with Gasteiger partial charge in [0.2, 0.25) is 0 Å². The Bertz CT molecular complexity index is 673. The van der Waals surface area contributed by atoms with Gasteiger partial charge >= 0.3 is 5.97 Å². The van der Waals surface area contributed by atoms with E-state index in [1.807, 2.05) is 13.8 Å². The lowest BCUT2D eigenvalue weighted by molar-refractivity contribution is 0.0378. The minimum absolute atomic E-state index is 0.0328. The second-order valence-electron chi connectivity index (χ2n) is 5.30. The van der Waals surface area contributed by atoms with E-state index in [1.165, 1.54) is 22.4 Å². The Kier molecular flexibility index (Phi) is 5.19. The summed E-state index contributed by atoms with van der Waals surface area (Å²) in [5.74, 6) is -0.347. The largest absolute Gasteiger partial charge is 0.459 e. The molecule has 0 radical (unpaired) electrons. The van der Waals surface area contributed by atoms with E-state index in [9.17, 15) is 4.79 Å². The number of carbonyl (C=O) groups excluding carboxylic acids is 1. The van der Waals surface area contributed by atoms with Crippen molar-refractivity contribution in [3.05, 3.63) is 27.8 Å².